The predicted octanol–water partition coefficient (Wildman–Crippen LogP) is 5.58. The third-order valence-corrected chi connectivity index (χ3v) is 13.7. The maximum Gasteiger partial charge on any atom is 0.307 e. The van der Waals surface area contributed by atoms with Crippen molar-refractivity contribution >= 4 is 23.9 Å². The molecule has 0 bridgehead atoms. The molecule has 0 radical (unpaired) electrons. The molecule has 0 aromatic rings. The molecule has 11 heteroatoms. The molecule has 4 saturated carbocycles. The minimum atomic E-state index is -0.370. The Morgan fingerprint density at radius 2 is 1.37 bits per heavy atom. The second kappa shape index (κ2) is 19.2. The first kappa shape index (κ1) is 41.5. The number of hydrogen-bond acceptors (Lipinski definition) is 11. The minimum Gasteiger partial charge on any atom is -0.466 e. The molecule has 4 fully saturated rings. The smallest absolute Gasteiger partial charge is 0.307 e. The molecule has 0 saturated heterocycles. The molecule has 4 aliphatic rings. The Balaban J connectivity index is 1.58. The van der Waals surface area contributed by atoms with Gasteiger partial charge in [0.2, 0.25) is 0 Å². The second-order valence-corrected chi connectivity index (χ2v) is 16.7. The molecule has 0 aromatic heterocycles. The van der Waals surface area contributed by atoms with Gasteiger partial charge in [-0.05, 0) is 92.8 Å². The van der Waals surface area contributed by atoms with Crippen LogP contribution < -0.4 is 17.2 Å². The number of nitrogens with two attached hydrogens (primary N) is 3. The van der Waals surface area contributed by atoms with Crippen molar-refractivity contribution in [2.24, 2.45) is 63.5 Å². The molecular formula is C40H69N3O8. The lowest BCUT2D eigenvalue weighted by molar-refractivity contribution is -0.225. The fourth-order valence-corrected chi connectivity index (χ4v) is 11.0. The topological polar surface area (TPSA) is 183 Å². The Bertz CT molecular complexity index is 1170. The second-order valence-electron chi connectivity index (χ2n) is 16.7. The molecule has 0 spiro atoms. The van der Waals surface area contributed by atoms with Gasteiger partial charge < -0.3 is 36.1 Å². The quantitative estimate of drug-likeness (QED) is 0.0861. The van der Waals surface area contributed by atoms with Crippen LogP contribution in [0, 0.1) is 46.3 Å². The summed E-state index contributed by atoms with van der Waals surface area (Å²) in [7, 11) is 0. The van der Waals surface area contributed by atoms with Gasteiger partial charge in [0, 0.05) is 37.4 Å². The summed E-state index contributed by atoms with van der Waals surface area (Å²) in [6.45, 7) is 10.2. The van der Waals surface area contributed by atoms with Gasteiger partial charge in [-0.1, -0.05) is 53.4 Å². The van der Waals surface area contributed by atoms with Gasteiger partial charge in [-0.3, -0.25) is 19.2 Å². The number of fused-ring (bicyclic) bond motifs is 5. The lowest BCUT2D eigenvalue weighted by atomic mass is 9.43. The number of hydrogen-bond donors (Lipinski definition) is 3. The van der Waals surface area contributed by atoms with E-state index in [0.29, 0.717) is 38.7 Å². The van der Waals surface area contributed by atoms with Crippen molar-refractivity contribution in [3.8, 4) is 0 Å². The van der Waals surface area contributed by atoms with Crippen LogP contribution in [-0.4, -0.2) is 68.4 Å². The lowest BCUT2D eigenvalue weighted by Gasteiger charge is -2.64. The van der Waals surface area contributed by atoms with Crippen molar-refractivity contribution in [1.29, 1.82) is 0 Å². The van der Waals surface area contributed by atoms with Crippen molar-refractivity contribution in [2.45, 2.75) is 155 Å². The first-order valence-corrected chi connectivity index (χ1v) is 20.3. The zero-order valence-electron chi connectivity index (χ0n) is 32.0. The summed E-state index contributed by atoms with van der Waals surface area (Å²) in [5.74, 6) is -0.00580. The maximum absolute atomic E-state index is 13.2. The van der Waals surface area contributed by atoms with Gasteiger partial charge in [0.05, 0.1) is 25.9 Å². The normalized spacial score (nSPS) is 34.7. The highest BCUT2D eigenvalue weighted by molar-refractivity contribution is 5.71. The Kier molecular flexibility index (Phi) is 15.6. The van der Waals surface area contributed by atoms with E-state index in [1.807, 2.05) is 0 Å². The summed E-state index contributed by atoms with van der Waals surface area (Å²) in [5, 5.41) is 0. The van der Waals surface area contributed by atoms with Crippen LogP contribution in [-0.2, 0) is 38.1 Å². The first-order chi connectivity index (χ1) is 24.4. The molecule has 51 heavy (non-hydrogen) atoms. The Morgan fingerprint density at radius 1 is 0.725 bits per heavy atom. The number of unbranched alkanes of at least 4 members (excludes halogenated alkanes) is 4. The van der Waals surface area contributed by atoms with E-state index in [9.17, 15) is 19.2 Å². The average molecular weight is 720 g/mol. The van der Waals surface area contributed by atoms with Gasteiger partial charge in [-0.2, -0.15) is 0 Å². The van der Waals surface area contributed by atoms with Gasteiger partial charge >= 0.3 is 23.9 Å². The standard InChI is InChI=1S/C40H69N3O8/c1-5-6-7-8-9-22-48-34(44)13-10-26(2)29-11-12-30-38-31(25-33(40(29,30)4)51-37(47)17-21-43)39(3)18-14-28(49-35(45)15-19-41)23-27(39)24-32(38)50-36(46)16-20-42/h26-33,38H,5-25,41-43H2,1-4H3/t26-,27+,28-,29?,30+,31+,32-,33+,38+,39+,40-/m1/s1. The zero-order chi connectivity index (χ0) is 37.2. The van der Waals surface area contributed by atoms with Crippen molar-refractivity contribution in [3.05, 3.63) is 0 Å². The number of carbonyl (C=O) groups is 4. The van der Waals surface area contributed by atoms with Gasteiger partial charge in [0.1, 0.15) is 18.3 Å². The molecule has 6 N–H and O–H groups in total. The van der Waals surface area contributed by atoms with E-state index in [1.54, 1.807) is 0 Å². The van der Waals surface area contributed by atoms with Crippen LogP contribution in [0.3, 0.4) is 0 Å². The summed E-state index contributed by atoms with van der Waals surface area (Å²) in [6.07, 6.45) is 11.9. The average Bonchev–Trinajstić information content (AvgIpc) is 3.44. The van der Waals surface area contributed by atoms with E-state index >= 15 is 0 Å². The minimum absolute atomic E-state index is 0.0913. The molecule has 0 aromatic carbocycles. The van der Waals surface area contributed by atoms with Gasteiger partial charge in [-0.15, -0.1) is 0 Å². The van der Waals surface area contributed by atoms with E-state index in [-0.39, 0.29) is 127 Å². The number of esters is 4. The number of carbonyl (C=O) groups excluding carboxylic acids is 4. The largest absolute Gasteiger partial charge is 0.466 e. The Morgan fingerprint density at radius 3 is 2.04 bits per heavy atom. The third-order valence-electron chi connectivity index (χ3n) is 13.7. The molecule has 1 unspecified atom stereocenters. The maximum atomic E-state index is 13.2. The van der Waals surface area contributed by atoms with Crippen LogP contribution in [0.5, 0.6) is 0 Å². The zero-order valence-corrected chi connectivity index (χ0v) is 32.0. The fraction of sp³-hybridized carbons (Fsp3) is 0.900. The van der Waals surface area contributed by atoms with E-state index in [1.165, 1.54) is 19.3 Å². The molecule has 11 nitrogen and oxygen atoms in total. The summed E-state index contributed by atoms with van der Waals surface area (Å²) in [6, 6.07) is 0. The molecular weight excluding hydrogens is 650 g/mol. The highest BCUT2D eigenvalue weighted by Crippen LogP contribution is 2.69. The van der Waals surface area contributed by atoms with E-state index < -0.39 is 0 Å². The molecule has 0 amide bonds. The van der Waals surface area contributed by atoms with Gasteiger partial charge in [0.15, 0.2) is 0 Å². The Hall–Kier alpha value is -2.24. The van der Waals surface area contributed by atoms with Crippen LogP contribution >= 0.6 is 0 Å². The molecule has 4 rings (SSSR count). The molecule has 4 aliphatic carbocycles. The molecule has 292 valence electrons. The summed E-state index contributed by atoms with van der Waals surface area (Å²) in [4.78, 5) is 51.5. The molecule has 11 atom stereocenters. The van der Waals surface area contributed by atoms with Crippen LogP contribution in [0.15, 0.2) is 0 Å². The predicted molar refractivity (Wildman–Crippen MR) is 195 cm³/mol. The third kappa shape index (κ3) is 9.85. The van der Waals surface area contributed by atoms with Crippen molar-refractivity contribution in [3.63, 3.8) is 0 Å². The first-order valence-electron chi connectivity index (χ1n) is 20.3. The van der Waals surface area contributed by atoms with Crippen LogP contribution in [0.2, 0.25) is 0 Å². The monoisotopic (exact) mass is 720 g/mol. The number of rotatable bonds is 19. The number of ether oxygens (including phenoxy) is 4. The van der Waals surface area contributed by atoms with Gasteiger partial charge in [0.25, 0.3) is 0 Å². The van der Waals surface area contributed by atoms with Gasteiger partial charge in [-0.25, -0.2) is 0 Å². The summed E-state index contributed by atoms with van der Waals surface area (Å²) >= 11 is 0. The highest BCUT2D eigenvalue weighted by Gasteiger charge is 2.67. The molecule has 0 aliphatic heterocycles. The van der Waals surface area contributed by atoms with Crippen molar-refractivity contribution in [2.75, 3.05) is 26.2 Å². The lowest BCUT2D eigenvalue weighted by Crippen LogP contribution is -2.63. The van der Waals surface area contributed by atoms with Crippen LogP contribution in [0.1, 0.15) is 137 Å². The van der Waals surface area contributed by atoms with Crippen molar-refractivity contribution in [1.82, 2.24) is 0 Å². The van der Waals surface area contributed by atoms with E-state index in [0.717, 1.165) is 38.5 Å². The van der Waals surface area contributed by atoms with Crippen molar-refractivity contribution < 1.29 is 38.1 Å². The van der Waals surface area contributed by atoms with Crippen LogP contribution in [0.4, 0.5) is 0 Å². The summed E-state index contributed by atoms with van der Waals surface area (Å²) < 4.78 is 24.3. The van der Waals surface area contributed by atoms with E-state index in [4.69, 9.17) is 36.1 Å². The van der Waals surface area contributed by atoms with Crippen LogP contribution in [0.25, 0.3) is 0 Å². The highest BCUT2D eigenvalue weighted by atomic mass is 16.6. The fourth-order valence-electron chi connectivity index (χ4n) is 11.0. The summed E-state index contributed by atoms with van der Waals surface area (Å²) in [5.41, 5.74) is 16.7. The van der Waals surface area contributed by atoms with E-state index in [2.05, 4.69) is 27.7 Å². The Labute approximate surface area is 306 Å². The molecule has 0 heterocycles. The SMILES string of the molecule is CCCCCCCOC(=O)CC[C@@H](C)C1CC[C@H]2[C@@H]3[C@H](OC(=O)CCN)C[C@@H]4C[C@H](OC(=O)CCN)CC[C@]4(C)[C@H]3C[C@H](OC(=O)CCN)[C@]12C.